The van der Waals surface area contributed by atoms with Crippen LogP contribution in [-0.2, 0) is 6.54 Å². The van der Waals surface area contributed by atoms with Gasteiger partial charge in [0.25, 0.3) is 5.56 Å². The predicted octanol–water partition coefficient (Wildman–Crippen LogP) is 1.47. The lowest BCUT2D eigenvalue weighted by molar-refractivity contribution is 0.305. The summed E-state index contributed by atoms with van der Waals surface area (Å²) in [5.41, 5.74) is 1.34. The molecule has 0 saturated heterocycles. The molecule has 0 amide bonds. The molecule has 21 heavy (non-hydrogen) atoms. The summed E-state index contributed by atoms with van der Waals surface area (Å²) in [6.45, 7) is 1.83. The van der Waals surface area contributed by atoms with Crippen molar-refractivity contribution in [3.8, 4) is 11.8 Å². The molecule has 108 valence electrons. The van der Waals surface area contributed by atoms with Gasteiger partial charge < -0.3 is 5.11 Å². The molecule has 2 aromatic rings. The number of aliphatic hydroxyl groups is 1. The van der Waals surface area contributed by atoms with Gasteiger partial charge in [-0.2, -0.15) is 5.10 Å². The van der Waals surface area contributed by atoms with Gasteiger partial charge in [0, 0.05) is 23.6 Å². The van der Waals surface area contributed by atoms with Crippen molar-refractivity contribution in [1.29, 1.82) is 0 Å². The molecule has 0 bridgehead atoms. The van der Waals surface area contributed by atoms with Crippen molar-refractivity contribution in [2.75, 3.05) is 6.61 Å². The molecule has 5 heteroatoms. The zero-order valence-electron chi connectivity index (χ0n) is 11.6. The van der Waals surface area contributed by atoms with E-state index in [2.05, 4.69) is 16.9 Å². The van der Waals surface area contributed by atoms with Gasteiger partial charge in [0.05, 0.1) is 18.8 Å². The van der Waals surface area contributed by atoms with Crippen LogP contribution in [0.4, 0.5) is 4.39 Å². The summed E-state index contributed by atoms with van der Waals surface area (Å²) < 4.78 is 15.2. The fourth-order valence-corrected chi connectivity index (χ4v) is 1.80. The van der Waals surface area contributed by atoms with Gasteiger partial charge in [-0.15, -0.1) is 0 Å². The third-order valence-corrected chi connectivity index (χ3v) is 2.84. The number of aromatic nitrogens is 2. The van der Waals surface area contributed by atoms with Crippen LogP contribution in [0.3, 0.4) is 0 Å². The van der Waals surface area contributed by atoms with E-state index in [1.807, 2.05) is 0 Å². The second-order valence-corrected chi connectivity index (χ2v) is 4.55. The standard InChI is InChI=1S/C16H15FN2O2/c1-12-5-8-16(21)19(18-12)11-14-7-6-13(10-15(14)17)4-2-3-9-20/h5-8,10,20H,3,9,11H2,1H3. The summed E-state index contributed by atoms with van der Waals surface area (Å²) in [4.78, 5) is 11.7. The minimum atomic E-state index is -0.430. The average Bonchev–Trinajstić information content (AvgIpc) is 2.46. The van der Waals surface area contributed by atoms with Crippen LogP contribution >= 0.6 is 0 Å². The molecule has 0 aliphatic carbocycles. The molecule has 2 rings (SSSR count). The molecule has 0 aliphatic rings. The molecule has 1 heterocycles. The number of aryl methyl sites for hydroxylation is 1. The molecule has 4 nitrogen and oxygen atoms in total. The third-order valence-electron chi connectivity index (χ3n) is 2.84. The minimum absolute atomic E-state index is 0.0183. The molecular formula is C16H15FN2O2. The van der Waals surface area contributed by atoms with Crippen LogP contribution < -0.4 is 5.56 Å². The van der Waals surface area contributed by atoms with E-state index in [-0.39, 0.29) is 18.7 Å². The lowest BCUT2D eigenvalue weighted by Gasteiger charge is -2.06. The van der Waals surface area contributed by atoms with Crippen molar-refractivity contribution in [2.45, 2.75) is 19.9 Å². The smallest absolute Gasteiger partial charge is 0.267 e. The second kappa shape index (κ2) is 6.82. The largest absolute Gasteiger partial charge is 0.395 e. The number of hydrogen-bond donors (Lipinski definition) is 1. The van der Waals surface area contributed by atoms with E-state index in [0.717, 1.165) is 0 Å². The van der Waals surface area contributed by atoms with Crippen molar-refractivity contribution in [3.63, 3.8) is 0 Å². The summed E-state index contributed by atoms with van der Waals surface area (Å²) in [5, 5.41) is 12.7. The van der Waals surface area contributed by atoms with Crippen molar-refractivity contribution < 1.29 is 9.50 Å². The summed E-state index contributed by atoms with van der Waals surface area (Å²) >= 11 is 0. The molecule has 0 saturated carbocycles. The molecule has 0 aliphatic heterocycles. The first-order chi connectivity index (χ1) is 10.1. The van der Waals surface area contributed by atoms with E-state index in [9.17, 15) is 9.18 Å². The van der Waals surface area contributed by atoms with Crippen molar-refractivity contribution in [2.24, 2.45) is 0 Å². The Hall–Kier alpha value is -2.45. The van der Waals surface area contributed by atoms with Gasteiger partial charge >= 0.3 is 0 Å². The van der Waals surface area contributed by atoms with Crippen LogP contribution in [0.15, 0.2) is 35.1 Å². The Kier molecular flexibility index (Phi) is 4.85. The Morgan fingerprint density at radius 3 is 2.86 bits per heavy atom. The van der Waals surface area contributed by atoms with Gasteiger partial charge in [-0.1, -0.05) is 17.9 Å². The highest BCUT2D eigenvalue weighted by Gasteiger charge is 2.06. The Bertz CT molecular complexity index is 757. The number of benzene rings is 1. The number of aliphatic hydroxyl groups excluding tert-OH is 1. The zero-order valence-corrected chi connectivity index (χ0v) is 11.6. The van der Waals surface area contributed by atoms with Gasteiger partial charge in [0.1, 0.15) is 5.82 Å². The van der Waals surface area contributed by atoms with Crippen molar-refractivity contribution >= 4 is 0 Å². The van der Waals surface area contributed by atoms with E-state index in [1.54, 1.807) is 25.1 Å². The number of hydrogen-bond acceptors (Lipinski definition) is 3. The van der Waals surface area contributed by atoms with Crippen LogP contribution in [0.1, 0.15) is 23.2 Å². The number of halogens is 1. The molecule has 0 unspecified atom stereocenters. The van der Waals surface area contributed by atoms with Crippen LogP contribution in [0.25, 0.3) is 0 Å². The summed E-state index contributed by atoms with van der Waals surface area (Å²) in [5.74, 6) is 5.06. The Labute approximate surface area is 121 Å². The van der Waals surface area contributed by atoms with Crippen LogP contribution in [0, 0.1) is 24.6 Å². The van der Waals surface area contributed by atoms with Gasteiger partial charge in [0.15, 0.2) is 0 Å². The van der Waals surface area contributed by atoms with Crippen LogP contribution in [-0.4, -0.2) is 21.5 Å². The fourth-order valence-electron chi connectivity index (χ4n) is 1.80. The maximum absolute atomic E-state index is 14.0. The van der Waals surface area contributed by atoms with Crippen molar-refractivity contribution in [1.82, 2.24) is 9.78 Å². The van der Waals surface area contributed by atoms with Gasteiger partial charge in [-0.25, -0.2) is 9.07 Å². The van der Waals surface area contributed by atoms with E-state index in [1.165, 1.54) is 16.8 Å². The average molecular weight is 286 g/mol. The van der Waals surface area contributed by atoms with E-state index >= 15 is 0 Å². The molecule has 0 spiro atoms. The predicted molar refractivity (Wildman–Crippen MR) is 77.3 cm³/mol. The van der Waals surface area contributed by atoms with E-state index < -0.39 is 5.82 Å². The number of rotatable bonds is 3. The fraction of sp³-hybridized carbons (Fsp3) is 0.250. The highest BCUT2D eigenvalue weighted by Crippen LogP contribution is 2.10. The van der Waals surface area contributed by atoms with Gasteiger partial charge in [-0.3, -0.25) is 4.79 Å². The molecular weight excluding hydrogens is 271 g/mol. The summed E-state index contributed by atoms with van der Waals surface area (Å²) in [6.07, 6.45) is 0.353. The Balaban J connectivity index is 2.24. The zero-order chi connectivity index (χ0) is 15.2. The van der Waals surface area contributed by atoms with Crippen LogP contribution in [0.5, 0.6) is 0 Å². The monoisotopic (exact) mass is 286 g/mol. The molecule has 0 fully saturated rings. The number of nitrogens with zero attached hydrogens (tertiary/aromatic N) is 2. The Morgan fingerprint density at radius 1 is 1.33 bits per heavy atom. The highest BCUT2D eigenvalue weighted by molar-refractivity contribution is 5.37. The third kappa shape index (κ3) is 4.01. The first kappa shape index (κ1) is 14.9. The van der Waals surface area contributed by atoms with Gasteiger partial charge in [-0.05, 0) is 25.1 Å². The first-order valence-corrected chi connectivity index (χ1v) is 6.53. The highest BCUT2D eigenvalue weighted by atomic mass is 19.1. The normalized spacial score (nSPS) is 10.0. The van der Waals surface area contributed by atoms with E-state index in [4.69, 9.17) is 5.11 Å². The lowest BCUT2D eigenvalue weighted by atomic mass is 10.1. The van der Waals surface area contributed by atoms with E-state index in [0.29, 0.717) is 23.2 Å². The Morgan fingerprint density at radius 2 is 2.14 bits per heavy atom. The lowest BCUT2D eigenvalue weighted by Crippen LogP contribution is -2.23. The first-order valence-electron chi connectivity index (χ1n) is 6.53. The van der Waals surface area contributed by atoms with Crippen molar-refractivity contribution in [3.05, 3.63) is 63.3 Å². The molecule has 0 atom stereocenters. The maximum Gasteiger partial charge on any atom is 0.267 e. The topological polar surface area (TPSA) is 55.1 Å². The summed E-state index contributed by atoms with van der Waals surface area (Å²) in [7, 11) is 0. The summed E-state index contributed by atoms with van der Waals surface area (Å²) in [6, 6.07) is 7.63. The molecule has 1 aromatic carbocycles. The quantitative estimate of drug-likeness (QED) is 0.869. The second-order valence-electron chi connectivity index (χ2n) is 4.55. The molecule has 0 radical (unpaired) electrons. The van der Waals surface area contributed by atoms with Gasteiger partial charge in [0.2, 0.25) is 0 Å². The minimum Gasteiger partial charge on any atom is -0.395 e. The maximum atomic E-state index is 14.0. The van der Waals surface area contributed by atoms with Crippen LogP contribution in [0.2, 0.25) is 0 Å². The molecule has 1 aromatic heterocycles. The SMILES string of the molecule is Cc1ccc(=O)n(Cc2ccc(C#CCCO)cc2F)n1. The molecule has 1 N–H and O–H groups in total.